The van der Waals surface area contributed by atoms with Crippen molar-refractivity contribution < 1.29 is 4.74 Å². The first-order valence-electron chi connectivity index (χ1n) is 6.66. The van der Waals surface area contributed by atoms with Crippen LogP contribution >= 0.6 is 11.6 Å². The number of halogens is 1. The molecular formula is C14H21ClN2O. The van der Waals surface area contributed by atoms with E-state index in [1.54, 1.807) is 0 Å². The van der Waals surface area contributed by atoms with Crippen LogP contribution in [0.25, 0.3) is 0 Å². The van der Waals surface area contributed by atoms with Gasteiger partial charge < -0.3 is 15.0 Å². The molecule has 1 aromatic carbocycles. The zero-order valence-electron chi connectivity index (χ0n) is 10.7. The first-order valence-corrected chi connectivity index (χ1v) is 7.04. The maximum atomic E-state index is 5.82. The highest BCUT2D eigenvalue weighted by atomic mass is 35.5. The SMILES string of the molecule is Clc1ccc(OCCCN2CCCNCC2)cc1. The van der Waals surface area contributed by atoms with E-state index < -0.39 is 0 Å². The third kappa shape index (κ3) is 4.84. The molecule has 1 aliphatic heterocycles. The fourth-order valence-corrected chi connectivity index (χ4v) is 2.26. The van der Waals surface area contributed by atoms with Gasteiger partial charge in [-0.05, 0) is 50.2 Å². The van der Waals surface area contributed by atoms with Gasteiger partial charge in [-0.15, -0.1) is 0 Å². The summed E-state index contributed by atoms with van der Waals surface area (Å²) in [5.41, 5.74) is 0. The summed E-state index contributed by atoms with van der Waals surface area (Å²) in [7, 11) is 0. The van der Waals surface area contributed by atoms with Crippen LogP contribution < -0.4 is 10.1 Å². The summed E-state index contributed by atoms with van der Waals surface area (Å²) in [5, 5.41) is 4.16. The molecule has 0 aromatic heterocycles. The fraction of sp³-hybridized carbons (Fsp3) is 0.571. The summed E-state index contributed by atoms with van der Waals surface area (Å²) >= 11 is 5.82. The molecule has 0 saturated carbocycles. The number of ether oxygens (including phenoxy) is 1. The number of nitrogens with one attached hydrogen (secondary N) is 1. The first-order chi connectivity index (χ1) is 8.84. The number of hydrogen-bond acceptors (Lipinski definition) is 3. The zero-order valence-corrected chi connectivity index (χ0v) is 11.5. The van der Waals surface area contributed by atoms with Crippen molar-refractivity contribution in [3.63, 3.8) is 0 Å². The van der Waals surface area contributed by atoms with Crippen LogP contribution in [0.1, 0.15) is 12.8 Å². The molecule has 1 N–H and O–H groups in total. The molecule has 0 unspecified atom stereocenters. The second-order valence-electron chi connectivity index (χ2n) is 4.60. The van der Waals surface area contributed by atoms with Gasteiger partial charge in [0.15, 0.2) is 0 Å². The number of benzene rings is 1. The van der Waals surface area contributed by atoms with E-state index in [-0.39, 0.29) is 0 Å². The summed E-state index contributed by atoms with van der Waals surface area (Å²) in [4.78, 5) is 2.51. The lowest BCUT2D eigenvalue weighted by molar-refractivity contribution is 0.244. The molecule has 2 rings (SSSR count). The van der Waals surface area contributed by atoms with Crippen molar-refractivity contribution in [2.45, 2.75) is 12.8 Å². The fourth-order valence-electron chi connectivity index (χ4n) is 2.13. The van der Waals surface area contributed by atoms with Crippen LogP contribution in [0.15, 0.2) is 24.3 Å². The van der Waals surface area contributed by atoms with E-state index in [1.807, 2.05) is 24.3 Å². The molecule has 3 nitrogen and oxygen atoms in total. The van der Waals surface area contributed by atoms with Crippen molar-refractivity contribution in [3.05, 3.63) is 29.3 Å². The molecule has 0 spiro atoms. The van der Waals surface area contributed by atoms with E-state index in [2.05, 4.69) is 10.2 Å². The molecule has 0 atom stereocenters. The Morgan fingerprint density at radius 3 is 2.83 bits per heavy atom. The van der Waals surface area contributed by atoms with Crippen LogP contribution in [0.3, 0.4) is 0 Å². The maximum Gasteiger partial charge on any atom is 0.119 e. The van der Waals surface area contributed by atoms with E-state index >= 15 is 0 Å². The Morgan fingerprint density at radius 1 is 1.17 bits per heavy atom. The topological polar surface area (TPSA) is 24.5 Å². The smallest absolute Gasteiger partial charge is 0.119 e. The number of nitrogens with zero attached hydrogens (tertiary/aromatic N) is 1. The van der Waals surface area contributed by atoms with Gasteiger partial charge in [0.05, 0.1) is 6.61 Å². The Bertz CT molecular complexity index is 334. The van der Waals surface area contributed by atoms with Crippen molar-refractivity contribution in [3.8, 4) is 5.75 Å². The molecule has 0 bridgehead atoms. The molecule has 18 heavy (non-hydrogen) atoms. The predicted molar refractivity (Wildman–Crippen MR) is 75.5 cm³/mol. The summed E-state index contributed by atoms with van der Waals surface area (Å²) in [6.07, 6.45) is 2.32. The Morgan fingerprint density at radius 2 is 2.00 bits per heavy atom. The quantitative estimate of drug-likeness (QED) is 0.830. The highest BCUT2D eigenvalue weighted by Crippen LogP contribution is 2.15. The summed E-state index contributed by atoms with van der Waals surface area (Å²) in [6, 6.07) is 7.55. The van der Waals surface area contributed by atoms with Crippen LogP contribution in [-0.4, -0.2) is 44.2 Å². The van der Waals surface area contributed by atoms with Crippen molar-refractivity contribution in [1.82, 2.24) is 10.2 Å². The average molecular weight is 269 g/mol. The Balaban J connectivity index is 1.61. The third-order valence-corrected chi connectivity index (χ3v) is 3.39. The van der Waals surface area contributed by atoms with Gasteiger partial charge in [-0.2, -0.15) is 0 Å². The Hall–Kier alpha value is -0.770. The molecule has 1 fully saturated rings. The molecule has 1 aliphatic rings. The molecule has 0 aliphatic carbocycles. The minimum absolute atomic E-state index is 0.749. The lowest BCUT2D eigenvalue weighted by atomic mass is 10.3. The lowest BCUT2D eigenvalue weighted by Gasteiger charge is -2.19. The number of rotatable bonds is 5. The highest BCUT2D eigenvalue weighted by molar-refractivity contribution is 6.30. The maximum absolute atomic E-state index is 5.82. The number of hydrogen-bond donors (Lipinski definition) is 1. The molecular weight excluding hydrogens is 248 g/mol. The summed E-state index contributed by atoms with van der Waals surface area (Å²) in [6.45, 7) is 6.51. The van der Waals surface area contributed by atoms with Gasteiger partial charge in [0.25, 0.3) is 0 Å². The monoisotopic (exact) mass is 268 g/mol. The van der Waals surface area contributed by atoms with Crippen LogP contribution in [-0.2, 0) is 0 Å². The summed E-state index contributed by atoms with van der Waals surface area (Å²) in [5.74, 6) is 0.900. The van der Waals surface area contributed by atoms with Gasteiger partial charge >= 0.3 is 0 Å². The van der Waals surface area contributed by atoms with E-state index in [0.717, 1.165) is 50.0 Å². The van der Waals surface area contributed by atoms with Crippen molar-refractivity contribution in [1.29, 1.82) is 0 Å². The Kier molecular flexibility index (Phi) is 5.78. The van der Waals surface area contributed by atoms with E-state index in [9.17, 15) is 0 Å². The van der Waals surface area contributed by atoms with Crippen LogP contribution in [0.4, 0.5) is 0 Å². The van der Waals surface area contributed by atoms with Gasteiger partial charge in [-0.25, -0.2) is 0 Å². The molecule has 1 heterocycles. The lowest BCUT2D eigenvalue weighted by Crippen LogP contribution is -2.29. The van der Waals surface area contributed by atoms with Crippen molar-refractivity contribution >= 4 is 11.6 Å². The summed E-state index contributed by atoms with van der Waals surface area (Å²) < 4.78 is 5.68. The van der Waals surface area contributed by atoms with Gasteiger partial charge in [-0.1, -0.05) is 11.6 Å². The second kappa shape index (κ2) is 7.62. The van der Waals surface area contributed by atoms with Crippen LogP contribution in [0, 0.1) is 0 Å². The molecule has 100 valence electrons. The van der Waals surface area contributed by atoms with Crippen molar-refractivity contribution in [2.75, 3.05) is 39.3 Å². The molecule has 0 radical (unpaired) electrons. The highest BCUT2D eigenvalue weighted by Gasteiger charge is 2.07. The second-order valence-corrected chi connectivity index (χ2v) is 5.04. The molecule has 1 aromatic rings. The zero-order chi connectivity index (χ0) is 12.6. The van der Waals surface area contributed by atoms with Gasteiger partial charge in [-0.3, -0.25) is 0 Å². The normalized spacial score (nSPS) is 17.4. The van der Waals surface area contributed by atoms with Crippen molar-refractivity contribution in [2.24, 2.45) is 0 Å². The first kappa shape index (κ1) is 13.7. The third-order valence-electron chi connectivity index (χ3n) is 3.13. The minimum atomic E-state index is 0.749. The van der Waals surface area contributed by atoms with Crippen LogP contribution in [0.2, 0.25) is 5.02 Å². The predicted octanol–water partition coefficient (Wildman–Crippen LogP) is 2.40. The van der Waals surface area contributed by atoms with Gasteiger partial charge in [0.2, 0.25) is 0 Å². The standard InChI is InChI=1S/C14H21ClN2O/c15-13-3-5-14(6-4-13)18-12-2-10-17-9-1-7-16-8-11-17/h3-6,16H,1-2,7-12H2. The molecule has 4 heteroatoms. The van der Waals surface area contributed by atoms with E-state index in [1.165, 1.54) is 13.0 Å². The van der Waals surface area contributed by atoms with Crippen LogP contribution in [0.5, 0.6) is 5.75 Å². The largest absolute Gasteiger partial charge is 0.494 e. The molecule has 0 amide bonds. The van der Waals surface area contributed by atoms with E-state index in [4.69, 9.17) is 16.3 Å². The minimum Gasteiger partial charge on any atom is -0.494 e. The molecule has 1 saturated heterocycles. The Labute approximate surface area is 114 Å². The van der Waals surface area contributed by atoms with Gasteiger partial charge in [0, 0.05) is 24.7 Å². The van der Waals surface area contributed by atoms with Gasteiger partial charge in [0.1, 0.15) is 5.75 Å². The van der Waals surface area contributed by atoms with E-state index in [0.29, 0.717) is 0 Å². The average Bonchev–Trinajstić information content (AvgIpc) is 2.65.